The van der Waals surface area contributed by atoms with Crippen molar-refractivity contribution < 1.29 is 9.53 Å². The molecule has 25 heavy (non-hydrogen) atoms. The molecule has 0 spiro atoms. The molecule has 2 rings (SSSR count). The fourth-order valence-corrected chi connectivity index (χ4v) is 2.50. The molecule has 0 bridgehead atoms. The van der Waals surface area contributed by atoms with Crippen LogP contribution in [0.4, 0.5) is 5.82 Å². The van der Waals surface area contributed by atoms with Gasteiger partial charge in [0.05, 0.1) is 0 Å². The minimum absolute atomic E-state index is 0.0807. The molecule has 0 aliphatic heterocycles. The lowest BCUT2D eigenvalue weighted by atomic mass is 9.87. The van der Waals surface area contributed by atoms with Crippen LogP contribution in [0.1, 0.15) is 26.3 Å². The van der Waals surface area contributed by atoms with Gasteiger partial charge in [-0.2, -0.15) is 0 Å². The summed E-state index contributed by atoms with van der Waals surface area (Å²) in [6.45, 7) is 6.32. The number of pyridine rings is 1. The van der Waals surface area contributed by atoms with E-state index in [4.69, 9.17) is 17.0 Å². The van der Waals surface area contributed by atoms with E-state index in [1.165, 1.54) is 5.56 Å². The summed E-state index contributed by atoms with van der Waals surface area (Å²) in [4.78, 5) is 16.1. The van der Waals surface area contributed by atoms with Crippen molar-refractivity contribution in [2.24, 2.45) is 0 Å². The number of hydrogen-bond donors (Lipinski definition) is 2. The second kappa shape index (κ2) is 8.57. The zero-order valence-electron chi connectivity index (χ0n) is 14.3. The number of thiocarbonyl (C=S) groups is 1. The molecular weight excluding hydrogens is 449 g/mol. The fourth-order valence-electron chi connectivity index (χ4n) is 1.96. The van der Waals surface area contributed by atoms with E-state index in [-0.39, 0.29) is 23.0 Å². The fraction of sp³-hybridized carbons (Fsp3) is 0.278. The predicted molar refractivity (Wildman–Crippen MR) is 112 cm³/mol. The molecule has 5 nitrogen and oxygen atoms in total. The maximum absolute atomic E-state index is 11.9. The summed E-state index contributed by atoms with van der Waals surface area (Å²) >= 11 is 7.26. The van der Waals surface area contributed by atoms with Gasteiger partial charge in [-0.25, -0.2) is 4.98 Å². The quantitative estimate of drug-likeness (QED) is 0.526. The van der Waals surface area contributed by atoms with Crippen molar-refractivity contribution in [2.45, 2.75) is 26.2 Å². The zero-order valence-corrected chi connectivity index (χ0v) is 17.3. The second-order valence-corrected chi connectivity index (χ2v) is 8.08. The van der Waals surface area contributed by atoms with Crippen LogP contribution in [0.25, 0.3) is 0 Å². The molecule has 1 amide bonds. The van der Waals surface area contributed by atoms with Gasteiger partial charge in [-0.3, -0.25) is 10.1 Å². The molecular formula is C18H20IN3O2S. The molecule has 2 aromatic rings. The van der Waals surface area contributed by atoms with Gasteiger partial charge in [0, 0.05) is 9.77 Å². The minimum atomic E-state index is -0.331. The van der Waals surface area contributed by atoms with Crippen molar-refractivity contribution in [2.75, 3.05) is 11.9 Å². The summed E-state index contributed by atoms with van der Waals surface area (Å²) in [6, 6.07) is 11.4. The van der Waals surface area contributed by atoms with Crippen LogP contribution in [0, 0.1) is 3.57 Å². The third-order valence-electron chi connectivity index (χ3n) is 3.31. The van der Waals surface area contributed by atoms with Gasteiger partial charge in [0.1, 0.15) is 11.6 Å². The Labute approximate surface area is 166 Å². The summed E-state index contributed by atoms with van der Waals surface area (Å²) in [5, 5.41) is 5.60. The monoisotopic (exact) mass is 469 g/mol. The van der Waals surface area contributed by atoms with Crippen molar-refractivity contribution in [1.82, 2.24) is 10.3 Å². The number of aromatic nitrogens is 1. The number of halogens is 1. The average Bonchev–Trinajstić information content (AvgIpc) is 2.54. The van der Waals surface area contributed by atoms with E-state index in [1.807, 2.05) is 30.3 Å². The molecule has 0 radical (unpaired) electrons. The molecule has 2 N–H and O–H groups in total. The maximum atomic E-state index is 11.9. The number of rotatable bonds is 4. The van der Waals surface area contributed by atoms with Crippen LogP contribution in [0.5, 0.6) is 5.75 Å². The van der Waals surface area contributed by atoms with E-state index in [9.17, 15) is 4.79 Å². The topological polar surface area (TPSA) is 63.2 Å². The summed E-state index contributed by atoms with van der Waals surface area (Å²) in [7, 11) is 0. The third kappa shape index (κ3) is 6.58. The Morgan fingerprint density at radius 3 is 2.44 bits per heavy atom. The van der Waals surface area contributed by atoms with Crippen LogP contribution < -0.4 is 15.4 Å². The lowest BCUT2D eigenvalue weighted by Gasteiger charge is -2.19. The molecule has 1 heterocycles. The van der Waals surface area contributed by atoms with Crippen molar-refractivity contribution in [3.05, 3.63) is 51.7 Å². The highest BCUT2D eigenvalue weighted by atomic mass is 127. The van der Waals surface area contributed by atoms with Gasteiger partial charge < -0.3 is 10.1 Å². The van der Waals surface area contributed by atoms with Crippen molar-refractivity contribution in [3.63, 3.8) is 0 Å². The SMILES string of the molecule is CC(C)(C)c1ccc(OCC(=O)NC(=S)Nc2ccc(I)cn2)cc1. The van der Waals surface area contributed by atoms with Crippen LogP contribution in [0.3, 0.4) is 0 Å². The maximum Gasteiger partial charge on any atom is 0.264 e. The van der Waals surface area contributed by atoms with E-state index >= 15 is 0 Å². The largest absolute Gasteiger partial charge is 0.484 e. The molecule has 0 atom stereocenters. The first-order chi connectivity index (χ1) is 11.7. The normalized spacial score (nSPS) is 10.9. The number of ether oxygens (including phenoxy) is 1. The summed E-state index contributed by atoms with van der Waals surface area (Å²) < 4.78 is 6.50. The van der Waals surface area contributed by atoms with Gasteiger partial charge in [-0.15, -0.1) is 0 Å². The number of nitrogens with zero attached hydrogens (tertiary/aromatic N) is 1. The van der Waals surface area contributed by atoms with E-state index < -0.39 is 0 Å². The molecule has 0 saturated carbocycles. The highest BCUT2D eigenvalue weighted by molar-refractivity contribution is 14.1. The van der Waals surface area contributed by atoms with E-state index in [0.717, 1.165) is 3.57 Å². The van der Waals surface area contributed by atoms with Gasteiger partial charge in [0.2, 0.25) is 0 Å². The van der Waals surface area contributed by atoms with Gasteiger partial charge >= 0.3 is 0 Å². The number of hydrogen-bond acceptors (Lipinski definition) is 4. The smallest absolute Gasteiger partial charge is 0.264 e. The second-order valence-electron chi connectivity index (χ2n) is 6.43. The first-order valence-corrected chi connectivity index (χ1v) is 9.18. The lowest BCUT2D eigenvalue weighted by molar-refractivity contribution is -0.121. The van der Waals surface area contributed by atoms with Gasteiger partial charge in [0.25, 0.3) is 5.91 Å². The molecule has 0 unspecified atom stereocenters. The Bertz CT molecular complexity index is 740. The molecule has 0 fully saturated rings. The summed E-state index contributed by atoms with van der Waals surface area (Å²) in [5.74, 6) is 0.883. The Balaban J connectivity index is 1.80. The molecule has 0 aliphatic carbocycles. The van der Waals surface area contributed by atoms with Gasteiger partial charge in [-0.1, -0.05) is 32.9 Å². The average molecular weight is 469 g/mol. The standard InChI is InChI=1S/C18H20IN3O2S/c1-18(2,3)12-4-7-14(8-5-12)24-11-16(23)22-17(25)21-15-9-6-13(19)10-20-15/h4-10H,11H2,1-3H3,(H2,20,21,22,23,25). The number of amides is 1. The lowest BCUT2D eigenvalue weighted by Crippen LogP contribution is -2.37. The number of nitrogens with one attached hydrogen (secondary N) is 2. The van der Waals surface area contributed by atoms with Crippen molar-refractivity contribution in [3.8, 4) is 5.75 Å². The van der Waals surface area contributed by atoms with Crippen molar-refractivity contribution >= 4 is 51.6 Å². The molecule has 0 aliphatic rings. The Morgan fingerprint density at radius 1 is 1.20 bits per heavy atom. The summed E-state index contributed by atoms with van der Waals surface area (Å²) in [5.41, 5.74) is 1.29. The van der Waals surface area contributed by atoms with Crippen LogP contribution in [-0.4, -0.2) is 22.6 Å². The molecule has 1 aromatic heterocycles. The number of benzene rings is 1. The minimum Gasteiger partial charge on any atom is -0.484 e. The first-order valence-electron chi connectivity index (χ1n) is 7.70. The summed E-state index contributed by atoms with van der Waals surface area (Å²) in [6.07, 6.45) is 1.71. The number of carbonyl (C=O) groups excluding carboxylic acids is 1. The zero-order chi connectivity index (χ0) is 18.4. The Hall–Kier alpha value is -1.74. The van der Waals surface area contributed by atoms with Crippen LogP contribution in [0.2, 0.25) is 0 Å². The van der Waals surface area contributed by atoms with E-state index in [0.29, 0.717) is 11.6 Å². The third-order valence-corrected chi connectivity index (χ3v) is 4.15. The van der Waals surface area contributed by atoms with Crippen LogP contribution in [-0.2, 0) is 10.2 Å². The Morgan fingerprint density at radius 2 is 1.88 bits per heavy atom. The molecule has 132 valence electrons. The Kier molecular flexibility index (Phi) is 6.71. The van der Waals surface area contributed by atoms with Gasteiger partial charge in [0.15, 0.2) is 11.7 Å². The predicted octanol–water partition coefficient (Wildman–Crippen LogP) is 3.88. The highest BCUT2D eigenvalue weighted by Crippen LogP contribution is 2.24. The van der Waals surface area contributed by atoms with Crippen molar-refractivity contribution in [1.29, 1.82) is 0 Å². The van der Waals surface area contributed by atoms with E-state index in [2.05, 4.69) is 59.0 Å². The molecule has 7 heteroatoms. The first kappa shape index (κ1) is 19.6. The highest BCUT2D eigenvalue weighted by Gasteiger charge is 2.13. The van der Waals surface area contributed by atoms with E-state index in [1.54, 1.807) is 12.3 Å². The number of anilines is 1. The van der Waals surface area contributed by atoms with Crippen LogP contribution in [0.15, 0.2) is 42.6 Å². The molecule has 1 aromatic carbocycles. The molecule has 0 saturated heterocycles. The van der Waals surface area contributed by atoms with Gasteiger partial charge in [-0.05, 0) is 70.1 Å². The number of carbonyl (C=O) groups is 1. The van der Waals surface area contributed by atoms with Crippen LogP contribution >= 0.6 is 34.8 Å².